The van der Waals surface area contributed by atoms with E-state index >= 15 is 0 Å². The molecule has 1 rings (SSSR count). The van der Waals surface area contributed by atoms with E-state index in [0.717, 1.165) is 19.3 Å². The van der Waals surface area contributed by atoms with Crippen LogP contribution >= 0.6 is 0 Å². The second kappa shape index (κ2) is 7.60. The van der Waals surface area contributed by atoms with Crippen LogP contribution in [0.15, 0.2) is 0 Å². The Bertz CT molecular complexity index is 198. The molecule has 5 nitrogen and oxygen atoms in total. The average molecular weight is 231 g/mol. The van der Waals surface area contributed by atoms with Gasteiger partial charge in [-0.15, -0.1) is 0 Å². The van der Waals surface area contributed by atoms with E-state index in [-0.39, 0.29) is 24.7 Å². The summed E-state index contributed by atoms with van der Waals surface area (Å²) in [4.78, 5) is 11.8. The summed E-state index contributed by atoms with van der Waals surface area (Å²) in [7, 11) is 1.58. The maximum atomic E-state index is 11.8. The largest absolute Gasteiger partial charge is 0.396 e. The van der Waals surface area contributed by atoms with E-state index in [2.05, 4.69) is 5.32 Å². The van der Waals surface area contributed by atoms with Gasteiger partial charge in [-0.2, -0.15) is 0 Å². The number of nitrogens with one attached hydrogen (secondary N) is 1. The average Bonchev–Trinajstić information content (AvgIpc) is 2.31. The number of carbonyl (C=O) groups is 1. The third-order valence-electron chi connectivity index (χ3n) is 2.66. The fourth-order valence-electron chi connectivity index (χ4n) is 1.80. The van der Waals surface area contributed by atoms with E-state index in [4.69, 9.17) is 14.6 Å². The SMILES string of the molecule is COCC(CCO)NC(=O)C1CCCCO1. The van der Waals surface area contributed by atoms with E-state index in [1.54, 1.807) is 7.11 Å². The van der Waals surface area contributed by atoms with Crippen LogP contribution in [-0.2, 0) is 14.3 Å². The lowest BCUT2D eigenvalue weighted by Gasteiger charge is -2.24. The third-order valence-corrected chi connectivity index (χ3v) is 2.66. The summed E-state index contributed by atoms with van der Waals surface area (Å²) in [6.45, 7) is 1.12. The van der Waals surface area contributed by atoms with Crippen molar-refractivity contribution in [1.82, 2.24) is 5.32 Å². The van der Waals surface area contributed by atoms with E-state index in [9.17, 15) is 4.79 Å². The molecule has 0 radical (unpaired) electrons. The molecule has 0 spiro atoms. The molecule has 0 saturated carbocycles. The number of rotatable bonds is 6. The van der Waals surface area contributed by atoms with Crippen LogP contribution in [0.5, 0.6) is 0 Å². The second-order valence-electron chi connectivity index (χ2n) is 4.03. The van der Waals surface area contributed by atoms with Crippen molar-refractivity contribution in [3.63, 3.8) is 0 Å². The molecule has 0 aliphatic carbocycles. The number of hydrogen-bond acceptors (Lipinski definition) is 4. The zero-order valence-corrected chi connectivity index (χ0v) is 9.78. The van der Waals surface area contributed by atoms with Crippen LogP contribution in [0, 0.1) is 0 Å². The lowest BCUT2D eigenvalue weighted by atomic mass is 10.1. The van der Waals surface area contributed by atoms with E-state index < -0.39 is 0 Å². The first-order valence-electron chi connectivity index (χ1n) is 5.79. The van der Waals surface area contributed by atoms with Crippen molar-refractivity contribution in [2.45, 2.75) is 37.8 Å². The molecule has 2 N–H and O–H groups in total. The van der Waals surface area contributed by atoms with Gasteiger partial charge in [0.15, 0.2) is 0 Å². The quantitative estimate of drug-likeness (QED) is 0.679. The first-order chi connectivity index (χ1) is 7.77. The van der Waals surface area contributed by atoms with Gasteiger partial charge in [0, 0.05) is 20.3 Å². The van der Waals surface area contributed by atoms with Gasteiger partial charge in [0.2, 0.25) is 5.91 Å². The fraction of sp³-hybridized carbons (Fsp3) is 0.909. The van der Waals surface area contributed by atoms with Crippen molar-refractivity contribution in [2.75, 3.05) is 26.9 Å². The maximum absolute atomic E-state index is 11.8. The molecular formula is C11H21NO4. The van der Waals surface area contributed by atoms with Gasteiger partial charge in [-0.25, -0.2) is 0 Å². The molecule has 1 heterocycles. The highest BCUT2D eigenvalue weighted by molar-refractivity contribution is 5.81. The highest BCUT2D eigenvalue weighted by Gasteiger charge is 2.23. The van der Waals surface area contributed by atoms with Gasteiger partial charge < -0.3 is 19.9 Å². The monoisotopic (exact) mass is 231 g/mol. The Hall–Kier alpha value is -0.650. The van der Waals surface area contributed by atoms with Crippen LogP contribution in [0.3, 0.4) is 0 Å². The molecule has 94 valence electrons. The summed E-state index contributed by atoms with van der Waals surface area (Å²) in [5.41, 5.74) is 0. The van der Waals surface area contributed by atoms with Gasteiger partial charge in [0.05, 0.1) is 12.6 Å². The summed E-state index contributed by atoms with van der Waals surface area (Å²) in [5.74, 6) is -0.0878. The van der Waals surface area contributed by atoms with Crippen molar-refractivity contribution in [3.05, 3.63) is 0 Å². The van der Waals surface area contributed by atoms with Gasteiger partial charge in [-0.05, 0) is 25.7 Å². The fourth-order valence-corrected chi connectivity index (χ4v) is 1.80. The number of aliphatic hydroxyl groups is 1. The highest BCUT2D eigenvalue weighted by Crippen LogP contribution is 2.12. The lowest BCUT2D eigenvalue weighted by Crippen LogP contribution is -2.45. The molecule has 2 atom stereocenters. The molecule has 1 fully saturated rings. The minimum atomic E-state index is -0.327. The summed E-state index contributed by atoms with van der Waals surface area (Å²) in [6, 6.07) is -0.131. The predicted molar refractivity (Wildman–Crippen MR) is 59.1 cm³/mol. The minimum Gasteiger partial charge on any atom is -0.396 e. The normalized spacial score (nSPS) is 22.8. The number of amides is 1. The molecule has 0 aromatic rings. The Balaban J connectivity index is 2.33. The molecular weight excluding hydrogens is 210 g/mol. The smallest absolute Gasteiger partial charge is 0.249 e. The summed E-state index contributed by atoms with van der Waals surface area (Å²) < 4.78 is 10.4. The van der Waals surface area contributed by atoms with Crippen LogP contribution in [-0.4, -0.2) is 50.1 Å². The Kier molecular flexibility index (Phi) is 6.37. The third kappa shape index (κ3) is 4.47. The number of carbonyl (C=O) groups excluding carboxylic acids is 1. The summed E-state index contributed by atoms with van der Waals surface area (Å²) in [5, 5.41) is 11.7. The zero-order valence-electron chi connectivity index (χ0n) is 9.78. The number of methoxy groups -OCH3 is 1. The standard InChI is InChI=1S/C11H21NO4/c1-15-8-9(5-6-13)12-11(14)10-4-2-3-7-16-10/h9-10,13H,2-8H2,1H3,(H,12,14). The second-order valence-corrected chi connectivity index (χ2v) is 4.03. The Morgan fingerprint density at radius 1 is 1.62 bits per heavy atom. The van der Waals surface area contributed by atoms with Crippen LogP contribution in [0.25, 0.3) is 0 Å². The summed E-state index contributed by atoms with van der Waals surface area (Å²) >= 11 is 0. The minimum absolute atomic E-state index is 0.0415. The maximum Gasteiger partial charge on any atom is 0.249 e. The van der Waals surface area contributed by atoms with Crippen molar-refractivity contribution in [3.8, 4) is 0 Å². The molecule has 1 saturated heterocycles. The highest BCUT2D eigenvalue weighted by atomic mass is 16.5. The first-order valence-corrected chi connectivity index (χ1v) is 5.79. The Morgan fingerprint density at radius 3 is 3.00 bits per heavy atom. The van der Waals surface area contributed by atoms with Gasteiger partial charge in [-0.1, -0.05) is 0 Å². The van der Waals surface area contributed by atoms with Gasteiger partial charge >= 0.3 is 0 Å². The number of aliphatic hydroxyl groups excluding tert-OH is 1. The van der Waals surface area contributed by atoms with E-state index in [0.29, 0.717) is 19.6 Å². The number of ether oxygens (including phenoxy) is 2. The molecule has 1 amide bonds. The Morgan fingerprint density at radius 2 is 2.44 bits per heavy atom. The molecule has 0 bridgehead atoms. The van der Waals surface area contributed by atoms with Gasteiger partial charge in [-0.3, -0.25) is 4.79 Å². The van der Waals surface area contributed by atoms with E-state index in [1.165, 1.54) is 0 Å². The van der Waals surface area contributed by atoms with Crippen molar-refractivity contribution < 1.29 is 19.4 Å². The number of hydrogen-bond donors (Lipinski definition) is 2. The van der Waals surface area contributed by atoms with Crippen LogP contribution in [0.1, 0.15) is 25.7 Å². The van der Waals surface area contributed by atoms with E-state index in [1.807, 2.05) is 0 Å². The molecule has 0 aromatic heterocycles. The van der Waals surface area contributed by atoms with Crippen LogP contribution in [0.2, 0.25) is 0 Å². The van der Waals surface area contributed by atoms with Crippen LogP contribution < -0.4 is 5.32 Å². The van der Waals surface area contributed by atoms with Crippen molar-refractivity contribution in [2.24, 2.45) is 0 Å². The summed E-state index contributed by atoms with van der Waals surface area (Å²) in [6.07, 6.45) is 3.03. The van der Waals surface area contributed by atoms with Crippen LogP contribution in [0.4, 0.5) is 0 Å². The molecule has 2 unspecified atom stereocenters. The van der Waals surface area contributed by atoms with Crippen molar-refractivity contribution >= 4 is 5.91 Å². The van der Waals surface area contributed by atoms with Gasteiger partial charge in [0.25, 0.3) is 0 Å². The topological polar surface area (TPSA) is 67.8 Å². The molecule has 1 aliphatic rings. The predicted octanol–water partition coefficient (Wildman–Crippen LogP) is 0.0691. The Labute approximate surface area is 96.1 Å². The first kappa shape index (κ1) is 13.4. The molecule has 16 heavy (non-hydrogen) atoms. The molecule has 0 aromatic carbocycles. The lowest BCUT2D eigenvalue weighted by molar-refractivity contribution is -0.136. The molecule has 1 aliphatic heterocycles. The van der Waals surface area contributed by atoms with Crippen molar-refractivity contribution in [1.29, 1.82) is 0 Å². The zero-order chi connectivity index (χ0) is 11.8. The van der Waals surface area contributed by atoms with Gasteiger partial charge in [0.1, 0.15) is 6.10 Å². The molecule has 5 heteroatoms.